The highest BCUT2D eigenvalue weighted by Gasteiger charge is 2.32. The van der Waals surface area contributed by atoms with Gasteiger partial charge in [0.1, 0.15) is 0 Å². The molecule has 0 aromatic heterocycles. The molecule has 3 nitrogen and oxygen atoms in total. The summed E-state index contributed by atoms with van der Waals surface area (Å²) in [5, 5.41) is 0. The minimum absolute atomic E-state index is 0.321. The van der Waals surface area contributed by atoms with Crippen molar-refractivity contribution in [1.82, 2.24) is 4.90 Å². The second kappa shape index (κ2) is 7.34. The molecule has 0 radical (unpaired) electrons. The number of methoxy groups -OCH3 is 1. The molecule has 3 atom stereocenters. The highest BCUT2D eigenvalue weighted by Crippen LogP contribution is 2.25. The van der Waals surface area contributed by atoms with Gasteiger partial charge in [0.25, 0.3) is 0 Å². The van der Waals surface area contributed by atoms with Crippen molar-refractivity contribution >= 4 is 0 Å². The number of ether oxygens (including phenoxy) is 2. The molecule has 1 heterocycles. The van der Waals surface area contributed by atoms with E-state index in [-0.39, 0.29) is 0 Å². The molecule has 0 bridgehead atoms. The van der Waals surface area contributed by atoms with E-state index in [9.17, 15) is 0 Å². The summed E-state index contributed by atoms with van der Waals surface area (Å²) in [5.74, 6) is 0. The Morgan fingerprint density at radius 2 is 1.94 bits per heavy atom. The SMILES string of the molecule is COCC[C@H](C)N1CCCC1[C@H](C)OC(C)C. The Morgan fingerprint density at radius 3 is 2.53 bits per heavy atom. The molecule has 1 aliphatic heterocycles. The lowest BCUT2D eigenvalue weighted by atomic mass is 10.1. The van der Waals surface area contributed by atoms with Crippen LogP contribution in [0.15, 0.2) is 0 Å². The Balaban J connectivity index is 2.47. The molecule has 0 aromatic carbocycles. The van der Waals surface area contributed by atoms with Gasteiger partial charge in [-0.1, -0.05) is 0 Å². The molecule has 0 N–H and O–H groups in total. The average molecular weight is 243 g/mol. The minimum Gasteiger partial charge on any atom is -0.385 e. The van der Waals surface area contributed by atoms with Gasteiger partial charge in [-0.3, -0.25) is 4.90 Å². The quantitative estimate of drug-likeness (QED) is 0.686. The molecule has 1 fully saturated rings. The normalized spacial score (nSPS) is 25.4. The smallest absolute Gasteiger partial charge is 0.0705 e. The van der Waals surface area contributed by atoms with E-state index in [4.69, 9.17) is 9.47 Å². The number of likely N-dealkylation sites (tertiary alicyclic amines) is 1. The second-order valence-corrected chi connectivity index (χ2v) is 5.47. The summed E-state index contributed by atoms with van der Waals surface area (Å²) < 4.78 is 11.1. The van der Waals surface area contributed by atoms with Gasteiger partial charge in [0, 0.05) is 25.8 Å². The van der Waals surface area contributed by atoms with E-state index in [1.165, 1.54) is 19.4 Å². The zero-order chi connectivity index (χ0) is 12.8. The van der Waals surface area contributed by atoms with E-state index in [0.717, 1.165) is 13.0 Å². The van der Waals surface area contributed by atoms with Crippen LogP contribution in [0.2, 0.25) is 0 Å². The van der Waals surface area contributed by atoms with Crippen LogP contribution >= 0.6 is 0 Å². The van der Waals surface area contributed by atoms with Gasteiger partial charge >= 0.3 is 0 Å². The van der Waals surface area contributed by atoms with Crippen LogP contribution in [0.3, 0.4) is 0 Å². The van der Waals surface area contributed by atoms with Gasteiger partial charge in [-0.15, -0.1) is 0 Å². The van der Waals surface area contributed by atoms with Gasteiger partial charge in [0.05, 0.1) is 12.2 Å². The van der Waals surface area contributed by atoms with Crippen molar-refractivity contribution in [1.29, 1.82) is 0 Å². The molecule has 3 heteroatoms. The number of nitrogens with zero attached hydrogens (tertiary/aromatic N) is 1. The Morgan fingerprint density at radius 1 is 1.24 bits per heavy atom. The van der Waals surface area contributed by atoms with E-state index in [2.05, 4.69) is 32.6 Å². The predicted octanol–water partition coefficient (Wildman–Crippen LogP) is 2.69. The lowest BCUT2D eigenvalue weighted by Crippen LogP contribution is -2.44. The molecule has 1 saturated heterocycles. The summed E-state index contributed by atoms with van der Waals surface area (Å²) in [6.45, 7) is 10.8. The van der Waals surface area contributed by atoms with Gasteiger partial charge in [-0.25, -0.2) is 0 Å². The van der Waals surface area contributed by atoms with Crippen LogP contribution in [-0.2, 0) is 9.47 Å². The summed E-state index contributed by atoms with van der Waals surface area (Å²) in [7, 11) is 1.78. The van der Waals surface area contributed by atoms with Crippen molar-refractivity contribution in [3.8, 4) is 0 Å². The van der Waals surface area contributed by atoms with Crippen LogP contribution in [0.1, 0.15) is 47.0 Å². The van der Waals surface area contributed by atoms with Crippen molar-refractivity contribution in [3.05, 3.63) is 0 Å². The van der Waals surface area contributed by atoms with Crippen LogP contribution in [-0.4, -0.2) is 49.5 Å². The molecule has 0 amide bonds. The fourth-order valence-corrected chi connectivity index (χ4v) is 2.84. The molecule has 1 aliphatic rings. The van der Waals surface area contributed by atoms with E-state index < -0.39 is 0 Å². The third-order valence-corrected chi connectivity index (χ3v) is 3.68. The van der Waals surface area contributed by atoms with Gasteiger partial charge in [-0.05, 0) is 53.5 Å². The average Bonchev–Trinajstić information content (AvgIpc) is 2.73. The molecule has 0 saturated carbocycles. The summed E-state index contributed by atoms with van der Waals surface area (Å²) in [4.78, 5) is 2.60. The van der Waals surface area contributed by atoms with Gasteiger partial charge in [0.15, 0.2) is 0 Å². The summed E-state index contributed by atoms with van der Waals surface area (Å²) in [6, 6.07) is 1.19. The molecule has 0 aliphatic carbocycles. The summed E-state index contributed by atoms with van der Waals surface area (Å²) in [5.41, 5.74) is 0. The Labute approximate surface area is 106 Å². The first-order valence-corrected chi connectivity index (χ1v) is 6.96. The molecule has 17 heavy (non-hydrogen) atoms. The van der Waals surface area contributed by atoms with Crippen LogP contribution < -0.4 is 0 Å². The minimum atomic E-state index is 0.321. The van der Waals surface area contributed by atoms with Gasteiger partial charge in [-0.2, -0.15) is 0 Å². The first kappa shape index (κ1) is 14.9. The lowest BCUT2D eigenvalue weighted by Gasteiger charge is -2.34. The van der Waals surface area contributed by atoms with Crippen LogP contribution in [0, 0.1) is 0 Å². The molecule has 1 unspecified atom stereocenters. The third kappa shape index (κ3) is 4.57. The third-order valence-electron chi connectivity index (χ3n) is 3.68. The lowest BCUT2D eigenvalue weighted by molar-refractivity contribution is -0.0341. The van der Waals surface area contributed by atoms with Crippen molar-refractivity contribution < 1.29 is 9.47 Å². The van der Waals surface area contributed by atoms with Crippen molar-refractivity contribution in [2.75, 3.05) is 20.3 Å². The zero-order valence-electron chi connectivity index (χ0n) is 12.1. The highest BCUT2D eigenvalue weighted by atomic mass is 16.5. The van der Waals surface area contributed by atoms with Crippen LogP contribution in [0.5, 0.6) is 0 Å². The first-order chi connectivity index (χ1) is 8.06. The Hall–Kier alpha value is -0.120. The van der Waals surface area contributed by atoms with Gasteiger partial charge < -0.3 is 9.47 Å². The van der Waals surface area contributed by atoms with E-state index in [0.29, 0.717) is 24.3 Å². The Bertz CT molecular complexity index is 208. The van der Waals surface area contributed by atoms with Crippen LogP contribution in [0.4, 0.5) is 0 Å². The molecule has 102 valence electrons. The molecule has 0 spiro atoms. The summed E-state index contributed by atoms with van der Waals surface area (Å²) >= 11 is 0. The monoisotopic (exact) mass is 243 g/mol. The van der Waals surface area contributed by atoms with Crippen molar-refractivity contribution in [2.24, 2.45) is 0 Å². The topological polar surface area (TPSA) is 21.7 Å². The first-order valence-electron chi connectivity index (χ1n) is 6.96. The standard InChI is InChI=1S/C14H29NO2/c1-11(2)17-13(4)14-7-6-9-15(14)12(3)8-10-16-5/h11-14H,6-10H2,1-5H3/t12-,13-,14?/m0/s1. The van der Waals surface area contributed by atoms with E-state index >= 15 is 0 Å². The number of hydrogen-bond donors (Lipinski definition) is 0. The molecule has 1 rings (SSSR count). The molecular formula is C14H29NO2. The molecular weight excluding hydrogens is 214 g/mol. The van der Waals surface area contributed by atoms with Crippen LogP contribution in [0.25, 0.3) is 0 Å². The van der Waals surface area contributed by atoms with Crippen molar-refractivity contribution in [2.45, 2.75) is 71.2 Å². The zero-order valence-corrected chi connectivity index (χ0v) is 12.1. The number of hydrogen-bond acceptors (Lipinski definition) is 3. The molecule has 0 aromatic rings. The van der Waals surface area contributed by atoms with E-state index in [1.807, 2.05) is 0 Å². The second-order valence-electron chi connectivity index (χ2n) is 5.47. The summed E-state index contributed by atoms with van der Waals surface area (Å²) in [6.07, 6.45) is 4.34. The Kier molecular flexibility index (Phi) is 6.45. The van der Waals surface area contributed by atoms with Gasteiger partial charge in [0.2, 0.25) is 0 Å². The highest BCUT2D eigenvalue weighted by molar-refractivity contribution is 4.87. The maximum absolute atomic E-state index is 5.95. The fourth-order valence-electron chi connectivity index (χ4n) is 2.84. The predicted molar refractivity (Wildman–Crippen MR) is 71.4 cm³/mol. The van der Waals surface area contributed by atoms with Crippen molar-refractivity contribution in [3.63, 3.8) is 0 Å². The maximum Gasteiger partial charge on any atom is 0.0705 e. The van der Waals surface area contributed by atoms with E-state index in [1.54, 1.807) is 7.11 Å². The fraction of sp³-hybridized carbons (Fsp3) is 1.00. The largest absolute Gasteiger partial charge is 0.385 e. The number of rotatable bonds is 7. The maximum atomic E-state index is 5.95.